The Bertz CT molecular complexity index is 625. The minimum atomic E-state index is -0.224. The van der Waals surface area contributed by atoms with E-state index in [9.17, 15) is 4.39 Å². The molecular formula is C15H14FNOS. The molecule has 2 nitrogen and oxygen atoms in total. The second-order valence-corrected chi connectivity index (χ2v) is 4.96. The predicted octanol–water partition coefficient (Wildman–Crippen LogP) is 3.08. The van der Waals surface area contributed by atoms with Gasteiger partial charge in [-0.2, -0.15) is 0 Å². The third-order valence-electron chi connectivity index (χ3n) is 2.57. The van der Waals surface area contributed by atoms with Crippen LogP contribution in [0.5, 0.6) is 5.75 Å². The van der Waals surface area contributed by atoms with E-state index in [0.717, 1.165) is 10.4 Å². The fourth-order valence-corrected chi connectivity index (χ4v) is 2.31. The third-order valence-corrected chi connectivity index (χ3v) is 3.46. The van der Waals surface area contributed by atoms with Crippen molar-refractivity contribution in [3.8, 4) is 17.6 Å². The van der Waals surface area contributed by atoms with Crippen LogP contribution in [0, 0.1) is 24.6 Å². The third kappa shape index (κ3) is 3.57. The van der Waals surface area contributed by atoms with Crippen LogP contribution in [0.15, 0.2) is 29.6 Å². The van der Waals surface area contributed by atoms with Crippen LogP contribution in [-0.2, 0) is 6.61 Å². The van der Waals surface area contributed by atoms with Crippen molar-refractivity contribution in [2.75, 3.05) is 6.54 Å². The first kappa shape index (κ1) is 13.6. The van der Waals surface area contributed by atoms with E-state index >= 15 is 0 Å². The second kappa shape index (κ2) is 6.37. The summed E-state index contributed by atoms with van der Waals surface area (Å²) in [6, 6.07) is 6.67. The Kier molecular flexibility index (Phi) is 4.56. The average molecular weight is 275 g/mol. The van der Waals surface area contributed by atoms with Gasteiger partial charge >= 0.3 is 0 Å². The SMILES string of the molecule is Cc1cc(OCc2sccc2C#CCN)ccc1F. The topological polar surface area (TPSA) is 35.2 Å². The molecule has 2 N–H and O–H groups in total. The highest BCUT2D eigenvalue weighted by molar-refractivity contribution is 7.10. The minimum absolute atomic E-state index is 0.224. The fourth-order valence-electron chi connectivity index (χ4n) is 1.57. The number of hydrogen-bond donors (Lipinski definition) is 1. The molecule has 0 radical (unpaired) electrons. The molecule has 1 heterocycles. The van der Waals surface area contributed by atoms with Gasteiger partial charge in [0.1, 0.15) is 18.2 Å². The molecule has 0 amide bonds. The molecular weight excluding hydrogens is 261 g/mol. The highest BCUT2D eigenvalue weighted by Crippen LogP contribution is 2.21. The first-order chi connectivity index (χ1) is 9.20. The maximum Gasteiger partial charge on any atom is 0.126 e. The van der Waals surface area contributed by atoms with Crippen LogP contribution in [0.3, 0.4) is 0 Å². The Morgan fingerprint density at radius 2 is 2.21 bits per heavy atom. The standard InChI is InChI=1S/C15H14FNOS/c1-11-9-13(4-5-14(11)16)18-10-15-12(3-2-7-17)6-8-19-15/h4-6,8-9H,7,10,17H2,1H3. The van der Waals surface area contributed by atoms with Crippen LogP contribution in [-0.4, -0.2) is 6.54 Å². The van der Waals surface area contributed by atoms with E-state index < -0.39 is 0 Å². The molecule has 19 heavy (non-hydrogen) atoms. The summed E-state index contributed by atoms with van der Waals surface area (Å²) < 4.78 is 18.8. The average Bonchev–Trinajstić information content (AvgIpc) is 2.85. The van der Waals surface area contributed by atoms with E-state index in [2.05, 4.69) is 11.8 Å². The van der Waals surface area contributed by atoms with Crippen LogP contribution in [0.4, 0.5) is 4.39 Å². The highest BCUT2D eigenvalue weighted by atomic mass is 32.1. The molecule has 2 aromatic rings. The summed E-state index contributed by atoms with van der Waals surface area (Å²) in [6.07, 6.45) is 0. The Labute approximate surface area is 116 Å². The lowest BCUT2D eigenvalue weighted by Gasteiger charge is -2.06. The number of hydrogen-bond acceptors (Lipinski definition) is 3. The van der Waals surface area contributed by atoms with Crippen molar-refractivity contribution in [1.82, 2.24) is 0 Å². The summed E-state index contributed by atoms with van der Waals surface area (Å²) in [5.74, 6) is 6.26. The molecule has 0 aliphatic heterocycles. The lowest BCUT2D eigenvalue weighted by atomic mass is 10.2. The molecule has 4 heteroatoms. The molecule has 98 valence electrons. The number of benzene rings is 1. The first-order valence-electron chi connectivity index (χ1n) is 5.85. The summed E-state index contributed by atoms with van der Waals surface area (Å²) in [7, 11) is 0. The summed E-state index contributed by atoms with van der Waals surface area (Å²) in [4.78, 5) is 1.04. The molecule has 0 atom stereocenters. The van der Waals surface area contributed by atoms with Gasteiger partial charge in [0.25, 0.3) is 0 Å². The van der Waals surface area contributed by atoms with Crippen molar-refractivity contribution in [1.29, 1.82) is 0 Å². The maximum atomic E-state index is 13.1. The van der Waals surface area contributed by atoms with Crippen molar-refractivity contribution in [2.24, 2.45) is 5.73 Å². The van der Waals surface area contributed by atoms with Gasteiger partial charge in [0.05, 0.1) is 11.4 Å². The van der Waals surface area contributed by atoms with Gasteiger partial charge in [0.2, 0.25) is 0 Å². The van der Waals surface area contributed by atoms with E-state index in [1.165, 1.54) is 6.07 Å². The van der Waals surface area contributed by atoms with E-state index in [1.807, 2.05) is 11.4 Å². The number of ether oxygens (including phenoxy) is 1. The van der Waals surface area contributed by atoms with Gasteiger partial charge in [0.15, 0.2) is 0 Å². The largest absolute Gasteiger partial charge is 0.488 e. The van der Waals surface area contributed by atoms with Crippen LogP contribution < -0.4 is 10.5 Å². The quantitative estimate of drug-likeness (QED) is 0.874. The van der Waals surface area contributed by atoms with Crippen molar-refractivity contribution >= 4 is 11.3 Å². The summed E-state index contributed by atoms with van der Waals surface area (Å²) in [5.41, 5.74) is 6.87. The van der Waals surface area contributed by atoms with E-state index in [4.69, 9.17) is 10.5 Å². The number of thiophene rings is 1. The molecule has 0 unspecified atom stereocenters. The Morgan fingerprint density at radius 1 is 1.37 bits per heavy atom. The molecule has 0 saturated heterocycles. The van der Waals surface area contributed by atoms with Gasteiger partial charge in [-0.05, 0) is 42.1 Å². The van der Waals surface area contributed by atoms with Gasteiger partial charge in [-0.15, -0.1) is 11.3 Å². The summed E-state index contributed by atoms with van der Waals surface area (Å²) >= 11 is 1.58. The van der Waals surface area contributed by atoms with Crippen LogP contribution >= 0.6 is 11.3 Å². The highest BCUT2D eigenvalue weighted by Gasteiger charge is 2.04. The first-order valence-corrected chi connectivity index (χ1v) is 6.73. The van der Waals surface area contributed by atoms with E-state index in [1.54, 1.807) is 30.4 Å². The van der Waals surface area contributed by atoms with E-state index in [0.29, 0.717) is 24.5 Å². The van der Waals surface area contributed by atoms with Crippen LogP contribution in [0.1, 0.15) is 16.0 Å². The van der Waals surface area contributed by atoms with E-state index in [-0.39, 0.29) is 5.82 Å². The van der Waals surface area contributed by atoms with Crippen molar-refractivity contribution in [2.45, 2.75) is 13.5 Å². The zero-order valence-electron chi connectivity index (χ0n) is 10.6. The van der Waals surface area contributed by atoms with Crippen molar-refractivity contribution in [3.05, 3.63) is 51.5 Å². The lowest BCUT2D eigenvalue weighted by molar-refractivity contribution is 0.309. The molecule has 0 aliphatic rings. The lowest BCUT2D eigenvalue weighted by Crippen LogP contribution is -1.97. The molecule has 1 aromatic carbocycles. The zero-order valence-corrected chi connectivity index (χ0v) is 11.4. The van der Waals surface area contributed by atoms with Crippen molar-refractivity contribution in [3.63, 3.8) is 0 Å². The predicted molar refractivity (Wildman–Crippen MR) is 75.7 cm³/mol. The van der Waals surface area contributed by atoms with Gasteiger partial charge < -0.3 is 10.5 Å². The van der Waals surface area contributed by atoms with Gasteiger partial charge in [-0.1, -0.05) is 11.8 Å². The van der Waals surface area contributed by atoms with Crippen LogP contribution in [0.2, 0.25) is 0 Å². The normalized spacial score (nSPS) is 9.84. The van der Waals surface area contributed by atoms with Gasteiger partial charge in [-0.3, -0.25) is 0 Å². The Balaban J connectivity index is 2.06. The monoisotopic (exact) mass is 275 g/mol. The molecule has 1 aromatic heterocycles. The molecule has 0 saturated carbocycles. The molecule has 0 spiro atoms. The minimum Gasteiger partial charge on any atom is -0.488 e. The number of nitrogens with two attached hydrogens (primary N) is 1. The van der Waals surface area contributed by atoms with Crippen LogP contribution in [0.25, 0.3) is 0 Å². The smallest absolute Gasteiger partial charge is 0.126 e. The van der Waals surface area contributed by atoms with Crippen molar-refractivity contribution < 1.29 is 9.13 Å². The fraction of sp³-hybridized carbons (Fsp3) is 0.200. The molecule has 0 bridgehead atoms. The number of aryl methyl sites for hydroxylation is 1. The second-order valence-electron chi connectivity index (χ2n) is 3.96. The van der Waals surface area contributed by atoms with Gasteiger partial charge in [0, 0.05) is 5.56 Å². The summed E-state index contributed by atoms with van der Waals surface area (Å²) in [5, 5.41) is 1.97. The zero-order chi connectivity index (χ0) is 13.7. The Hall–Kier alpha value is -1.83. The molecule has 2 rings (SSSR count). The maximum absolute atomic E-state index is 13.1. The number of halogens is 1. The molecule has 0 aliphatic carbocycles. The van der Waals surface area contributed by atoms with Gasteiger partial charge in [-0.25, -0.2) is 4.39 Å². The summed E-state index contributed by atoms with van der Waals surface area (Å²) in [6.45, 7) is 2.48. The number of rotatable bonds is 3. The Morgan fingerprint density at radius 3 is 2.95 bits per heavy atom. The molecule has 0 fully saturated rings.